The molecule has 0 unspecified atom stereocenters. The molecular weight excluding hydrogens is 354 g/mol. The molecular formula is C19H19NO7. The number of hydrogen-bond donors (Lipinski definition) is 2. The van der Waals surface area contributed by atoms with Crippen molar-refractivity contribution < 1.29 is 33.7 Å². The molecule has 0 aromatic heterocycles. The summed E-state index contributed by atoms with van der Waals surface area (Å²) in [5.41, 5.74) is 0.747. The van der Waals surface area contributed by atoms with Gasteiger partial charge >= 0.3 is 11.9 Å². The molecule has 1 amide bonds. The van der Waals surface area contributed by atoms with Crippen LogP contribution in [0.25, 0.3) is 0 Å². The Kier molecular flexibility index (Phi) is 6.76. The van der Waals surface area contributed by atoms with E-state index in [9.17, 15) is 19.5 Å². The lowest BCUT2D eigenvalue weighted by Crippen LogP contribution is -2.21. The Morgan fingerprint density at radius 2 is 1.78 bits per heavy atom. The zero-order valence-corrected chi connectivity index (χ0v) is 14.9. The van der Waals surface area contributed by atoms with Gasteiger partial charge in [0.25, 0.3) is 5.91 Å². The summed E-state index contributed by atoms with van der Waals surface area (Å²) in [5.74, 6) is -1.68. The average molecular weight is 373 g/mol. The maximum absolute atomic E-state index is 12.0. The number of hydrogen-bond acceptors (Lipinski definition) is 6. The molecule has 2 rings (SSSR count). The van der Waals surface area contributed by atoms with E-state index in [-0.39, 0.29) is 17.9 Å². The molecule has 0 fully saturated rings. The number of ether oxygens (including phenoxy) is 3. The molecule has 0 aliphatic rings. The SMILES string of the molecule is CCOC(=O)c1ccc(NC(=O)COc2cc(OC)ccc2C(=O)O)cc1. The summed E-state index contributed by atoms with van der Waals surface area (Å²) in [6, 6.07) is 10.4. The first-order valence-electron chi connectivity index (χ1n) is 8.05. The largest absolute Gasteiger partial charge is 0.497 e. The number of amides is 1. The molecule has 2 N–H and O–H groups in total. The van der Waals surface area contributed by atoms with Gasteiger partial charge in [0, 0.05) is 11.8 Å². The van der Waals surface area contributed by atoms with E-state index >= 15 is 0 Å². The highest BCUT2D eigenvalue weighted by Gasteiger charge is 2.14. The summed E-state index contributed by atoms with van der Waals surface area (Å²) in [4.78, 5) is 34.9. The van der Waals surface area contributed by atoms with Gasteiger partial charge < -0.3 is 24.6 Å². The zero-order chi connectivity index (χ0) is 19.8. The molecule has 0 radical (unpaired) electrons. The Balaban J connectivity index is 1.98. The number of anilines is 1. The van der Waals surface area contributed by atoms with Crippen molar-refractivity contribution in [2.75, 3.05) is 25.6 Å². The van der Waals surface area contributed by atoms with E-state index in [2.05, 4.69) is 5.32 Å². The fourth-order valence-electron chi connectivity index (χ4n) is 2.17. The standard InChI is InChI=1S/C19H19NO7/c1-3-26-19(24)12-4-6-13(7-5-12)20-17(21)11-27-16-10-14(25-2)8-9-15(16)18(22)23/h4-10H,3,11H2,1-2H3,(H,20,21)(H,22,23). The highest BCUT2D eigenvalue weighted by atomic mass is 16.5. The minimum absolute atomic E-state index is 0.0228. The second-order valence-corrected chi connectivity index (χ2v) is 5.30. The number of carbonyl (C=O) groups is 3. The van der Waals surface area contributed by atoms with Gasteiger partial charge in [-0.2, -0.15) is 0 Å². The van der Waals surface area contributed by atoms with E-state index in [1.54, 1.807) is 19.1 Å². The highest BCUT2D eigenvalue weighted by molar-refractivity contribution is 5.94. The molecule has 0 saturated heterocycles. The quantitative estimate of drug-likeness (QED) is 0.684. The van der Waals surface area contributed by atoms with E-state index in [0.717, 1.165) is 0 Å². The van der Waals surface area contributed by atoms with Gasteiger partial charge in [-0.3, -0.25) is 4.79 Å². The van der Waals surface area contributed by atoms with E-state index < -0.39 is 24.5 Å². The highest BCUT2D eigenvalue weighted by Crippen LogP contribution is 2.25. The third-order valence-corrected chi connectivity index (χ3v) is 3.46. The van der Waals surface area contributed by atoms with Crippen LogP contribution in [0.1, 0.15) is 27.6 Å². The van der Waals surface area contributed by atoms with Gasteiger partial charge in [0.2, 0.25) is 0 Å². The number of carboxylic acid groups (broad SMARTS) is 1. The maximum Gasteiger partial charge on any atom is 0.339 e. The molecule has 142 valence electrons. The average Bonchev–Trinajstić information content (AvgIpc) is 2.66. The molecule has 8 nitrogen and oxygen atoms in total. The lowest BCUT2D eigenvalue weighted by Gasteiger charge is -2.11. The number of carbonyl (C=O) groups excluding carboxylic acids is 2. The van der Waals surface area contributed by atoms with Crippen LogP contribution < -0.4 is 14.8 Å². The number of benzene rings is 2. The van der Waals surface area contributed by atoms with E-state index in [1.807, 2.05) is 0 Å². The lowest BCUT2D eigenvalue weighted by atomic mass is 10.2. The van der Waals surface area contributed by atoms with Crippen LogP contribution in [-0.4, -0.2) is 43.3 Å². The van der Waals surface area contributed by atoms with E-state index in [1.165, 1.54) is 37.4 Å². The number of carboxylic acids is 1. The molecule has 0 aliphatic carbocycles. The maximum atomic E-state index is 12.0. The zero-order valence-electron chi connectivity index (χ0n) is 14.9. The van der Waals surface area contributed by atoms with Gasteiger partial charge in [-0.1, -0.05) is 0 Å². The molecule has 27 heavy (non-hydrogen) atoms. The molecule has 8 heteroatoms. The number of aromatic carboxylic acids is 1. The number of nitrogens with one attached hydrogen (secondary N) is 1. The predicted molar refractivity (Wildman–Crippen MR) is 96.5 cm³/mol. The van der Waals surface area contributed by atoms with Crippen LogP contribution in [0, 0.1) is 0 Å². The minimum Gasteiger partial charge on any atom is -0.497 e. The van der Waals surface area contributed by atoms with Crippen LogP contribution >= 0.6 is 0 Å². The van der Waals surface area contributed by atoms with Crippen molar-refractivity contribution in [1.82, 2.24) is 0 Å². The number of rotatable bonds is 8. The molecule has 0 atom stereocenters. The first kappa shape index (κ1) is 19.8. The Morgan fingerprint density at radius 3 is 2.37 bits per heavy atom. The van der Waals surface area contributed by atoms with Crippen molar-refractivity contribution in [3.8, 4) is 11.5 Å². The smallest absolute Gasteiger partial charge is 0.339 e. The second-order valence-electron chi connectivity index (χ2n) is 5.30. The fourth-order valence-corrected chi connectivity index (χ4v) is 2.17. The summed E-state index contributed by atoms with van der Waals surface area (Å²) < 4.78 is 15.2. The van der Waals surface area contributed by atoms with E-state index in [4.69, 9.17) is 14.2 Å². The topological polar surface area (TPSA) is 111 Å². The fraction of sp³-hybridized carbons (Fsp3) is 0.211. The molecule has 0 aliphatic heterocycles. The van der Waals surface area contributed by atoms with E-state index in [0.29, 0.717) is 17.0 Å². The normalized spacial score (nSPS) is 10.0. The first-order chi connectivity index (χ1) is 12.9. The Bertz CT molecular complexity index is 830. The van der Waals surface area contributed by atoms with Crippen LogP contribution in [0.3, 0.4) is 0 Å². The van der Waals surface area contributed by atoms with Crippen molar-refractivity contribution in [3.63, 3.8) is 0 Å². The molecule has 0 heterocycles. The van der Waals surface area contributed by atoms with Gasteiger partial charge in [-0.15, -0.1) is 0 Å². The molecule has 0 spiro atoms. The third kappa shape index (κ3) is 5.46. The summed E-state index contributed by atoms with van der Waals surface area (Å²) in [6.07, 6.45) is 0. The van der Waals surface area contributed by atoms with Crippen LogP contribution in [0.5, 0.6) is 11.5 Å². The van der Waals surface area contributed by atoms with Crippen molar-refractivity contribution in [2.45, 2.75) is 6.92 Å². The van der Waals surface area contributed by atoms with Crippen LogP contribution in [0.2, 0.25) is 0 Å². The monoisotopic (exact) mass is 373 g/mol. The molecule has 0 saturated carbocycles. The van der Waals surface area contributed by atoms with Gasteiger partial charge in [-0.05, 0) is 43.3 Å². The molecule has 2 aromatic carbocycles. The van der Waals surface area contributed by atoms with Crippen molar-refractivity contribution >= 4 is 23.5 Å². The minimum atomic E-state index is -1.18. The van der Waals surface area contributed by atoms with Crippen molar-refractivity contribution in [2.24, 2.45) is 0 Å². The Morgan fingerprint density at radius 1 is 1.07 bits per heavy atom. The summed E-state index contributed by atoms with van der Waals surface area (Å²) in [5, 5.41) is 11.8. The summed E-state index contributed by atoms with van der Waals surface area (Å²) >= 11 is 0. The molecule has 0 bridgehead atoms. The van der Waals surface area contributed by atoms with Crippen molar-refractivity contribution in [1.29, 1.82) is 0 Å². The molecule has 2 aromatic rings. The third-order valence-electron chi connectivity index (χ3n) is 3.46. The summed E-state index contributed by atoms with van der Waals surface area (Å²) in [6.45, 7) is 1.59. The second kappa shape index (κ2) is 9.23. The van der Waals surface area contributed by atoms with Crippen LogP contribution in [0.15, 0.2) is 42.5 Å². The van der Waals surface area contributed by atoms with Crippen molar-refractivity contribution in [3.05, 3.63) is 53.6 Å². The summed E-state index contributed by atoms with van der Waals surface area (Å²) in [7, 11) is 1.44. The lowest BCUT2D eigenvalue weighted by molar-refractivity contribution is -0.118. The Labute approximate surface area is 155 Å². The number of esters is 1. The predicted octanol–water partition coefficient (Wildman–Crippen LogP) is 2.59. The van der Waals surface area contributed by atoms with Gasteiger partial charge in [0.05, 0.1) is 19.3 Å². The Hall–Kier alpha value is -3.55. The number of methoxy groups -OCH3 is 1. The first-order valence-corrected chi connectivity index (χ1v) is 8.05. The van der Waals surface area contributed by atoms with Gasteiger partial charge in [-0.25, -0.2) is 9.59 Å². The van der Waals surface area contributed by atoms with Gasteiger partial charge in [0.15, 0.2) is 6.61 Å². The van der Waals surface area contributed by atoms with Gasteiger partial charge in [0.1, 0.15) is 17.1 Å². The van der Waals surface area contributed by atoms with Crippen LogP contribution in [-0.2, 0) is 9.53 Å². The van der Waals surface area contributed by atoms with Crippen LogP contribution in [0.4, 0.5) is 5.69 Å².